The number of amides is 1. The molecule has 13 heavy (non-hydrogen) atoms. The molecule has 0 aromatic rings. The number of carbonyl (C=O) groups is 1. The van der Waals surface area contributed by atoms with Crippen molar-refractivity contribution in [3.63, 3.8) is 0 Å². The number of nitrogens with zero attached hydrogens (tertiary/aromatic N) is 2. The van der Waals surface area contributed by atoms with Gasteiger partial charge in [-0.3, -0.25) is 9.69 Å². The van der Waals surface area contributed by atoms with Crippen LogP contribution in [0.2, 0.25) is 0 Å². The summed E-state index contributed by atoms with van der Waals surface area (Å²) >= 11 is 0. The van der Waals surface area contributed by atoms with Crippen LogP contribution in [0.3, 0.4) is 0 Å². The predicted octanol–water partition coefficient (Wildman–Crippen LogP) is 0.110. The molecule has 0 atom stereocenters. The average molecular weight is 181 g/mol. The molecule has 0 bridgehead atoms. The zero-order valence-corrected chi connectivity index (χ0v) is 7.92. The molecule has 1 aliphatic rings. The van der Waals surface area contributed by atoms with Gasteiger partial charge in [0.25, 0.3) is 0 Å². The highest BCUT2D eigenvalue weighted by atomic mass is 16.1. The molecule has 1 amide bonds. The van der Waals surface area contributed by atoms with Gasteiger partial charge in [0.1, 0.15) is 0 Å². The topological polar surface area (TPSA) is 56.1 Å². The van der Waals surface area contributed by atoms with E-state index in [4.69, 9.17) is 5.26 Å². The molecule has 0 aromatic heterocycles. The van der Waals surface area contributed by atoms with E-state index in [2.05, 4.69) is 16.3 Å². The van der Waals surface area contributed by atoms with Crippen LogP contribution in [0.1, 0.15) is 19.8 Å². The molecule has 72 valence electrons. The standard InChI is InChI=1S/C9H15N3O/c1-8(13)11-9-2-5-12(6-3-9)7-4-10/h9H,2-3,5-7H2,1H3,(H,11,13). The lowest BCUT2D eigenvalue weighted by Crippen LogP contribution is -2.44. The minimum atomic E-state index is 0.0405. The third kappa shape index (κ3) is 3.43. The normalized spacial score (nSPS) is 19.4. The van der Waals surface area contributed by atoms with Gasteiger partial charge in [-0.05, 0) is 12.8 Å². The third-order valence-corrected chi connectivity index (χ3v) is 2.29. The average Bonchev–Trinajstić information content (AvgIpc) is 2.08. The molecule has 1 rings (SSSR count). The van der Waals surface area contributed by atoms with E-state index >= 15 is 0 Å². The van der Waals surface area contributed by atoms with E-state index in [0.29, 0.717) is 12.6 Å². The molecule has 0 aromatic carbocycles. The monoisotopic (exact) mass is 181 g/mol. The summed E-state index contributed by atoms with van der Waals surface area (Å²) in [7, 11) is 0. The van der Waals surface area contributed by atoms with Gasteiger partial charge in [0.15, 0.2) is 0 Å². The molecule has 1 N–H and O–H groups in total. The number of likely N-dealkylation sites (tertiary alicyclic amines) is 1. The zero-order chi connectivity index (χ0) is 9.68. The van der Waals surface area contributed by atoms with Gasteiger partial charge in [0, 0.05) is 26.1 Å². The number of piperidine rings is 1. The van der Waals surface area contributed by atoms with Gasteiger partial charge in [-0.15, -0.1) is 0 Å². The Morgan fingerprint density at radius 1 is 1.62 bits per heavy atom. The summed E-state index contributed by atoms with van der Waals surface area (Å²) in [5.74, 6) is 0.0405. The molecule has 0 unspecified atom stereocenters. The van der Waals surface area contributed by atoms with Crippen LogP contribution in [-0.2, 0) is 4.79 Å². The van der Waals surface area contributed by atoms with Gasteiger partial charge in [0.05, 0.1) is 12.6 Å². The summed E-state index contributed by atoms with van der Waals surface area (Å²) in [4.78, 5) is 12.9. The molecule has 1 heterocycles. The SMILES string of the molecule is CC(=O)NC1CCN(CC#N)CC1. The molecule has 4 heteroatoms. The van der Waals surface area contributed by atoms with Gasteiger partial charge in [-0.2, -0.15) is 5.26 Å². The highest BCUT2D eigenvalue weighted by Crippen LogP contribution is 2.09. The van der Waals surface area contributed by atoms with Crippen LogP contribution in [0.15, 0.2) is 0 Å². The number of rotatable bonds is 2. The Bertz CT molecular complexity index is 213. The van der Waals surface area contributed by atoms with E-state index < -0.39 is 0 Å². The smallest absolute Gasteiger partial charge is 0.217 e. The summed E-state index contributed by atoms with van der Waals surface area (Å²) in [5.41, 5.74) is 0. The van der Waals surface area contributed by atoms with Crippen molar-refractivity contribution in [1.29, 1.82) is 5.26 Å². The molecule has 1 aliphatic heterocycles. The number of nitriles is 1. The van der Waals surface area contributed by atoms with Crippen molar-refractivity contribution in [3.8, 4) is 6.07 Å². The zero-order valence-electron chi connectivity index (χ0n) is 7.92. The van der Waals surface area contributed by atoms with Crippen LogP contribution in [0.25, 0.3) is 0 Å². The predicted molar refractivity (Wildman–Crippen MR) is 48.9 cm³/mol. The van der Waals surface area contributed by atoms with Gasteiger partial charge < -0.3 is 5.32 Å². The number of nitrogens with one attached hydrogen (secondary N) is 1. The van der Waals surface area contributed by atoms with Crippen molar-refractivity contribution in [2.75, 3.05) is 19.6 Å². The Kier molecular flexibility index (Phi) is 3.71. The first-order chi connectivity index (χ1) is 6.22. The van der Waals surface area contributed by atoms with Crippen LogP contribution in [0.5, 0.6) is 0 Å². The van der Waals surface area contributed by atoms with E-state index in [9.17, 15) is 4.79 Å². The maximum atomic E-state index is 10.7. The first-order valence-corrected chi connectivity index (χ1v) is 4.59. The van der Waals surface area contributed by atoms with Crippen molar-refractivity contribution in [2.45, 2.75) is 25.8 Å². The van der Waals surface area contributed by atoms with E-state index in [-0.39, 0.29) is 5.91 Å². The highest BCUT2D eigenvalue weighted by molar-refractivity contribution is 5.73. The Morgan fingerprint density at radius 2 is 2.23 bits per heavy atom. The molecule has 0 aliphatic carbocycles. The summed E-state index contributed by atoms with van der Waals surface area (Å²) < 4.78 is 0. The number of hydrogen-bond acceptors (Lipinski definition) is 3. The van der Waals surface area contributed by atoms with Crippen molar-refractivity contribution < 1.29 is 4.79 Å². The van der Waals surface area contributed by atoms with Gasteiger partial charge in [-0.25, -0.2) is 0 Å². The molecular formula is C9H15N3O. The molecule has 0 spiro atoms. The maximum Gasteiger partial charge on any atom is 0.217 e. The lowest BCUT2D eigenvalue weighted by Gasteiger charge is -2.30. The fourth-order valence-electron chi connectivity index (χ4n) is 1.62. The Morgan fingerprint density at radius 3 is 2.69 bits per heavy atom. The molecular weight excluding hydrogens is 166 g/mol. The molecule has 4 nitrogen and oxygen atoms in total. The minimum Gasteiger partial charge on any atom is -0.354 e. The summed E-state index contributed by atoms with van der Waals surface area (Å²) in [5, 5.41) is 11.4. The minimum absolute atomic E-state index is 0.0405. The molecule has 1 saturated heterocycles. The van der Waals surface area contributed by atoms with Crippen molar-refractivity contribution in [3.05, 3.63) is 0 Å². The Hall–Kier alpha value is -1.08. The van der Waals surface area contributed by atoms with Crippen molar-refractivity contribution in [1.82, 2.24) is 10.2 Å². The van der Waals surface area contributed by atoms with E-state index in [1.807, 2.05) is 0 Å². The summed E-state index contributed by atoms with van der Waals surface area (Å²) in [6.07, 6.45) is 1.92. The third-order valence-electron chi connectivity index (χ3n) is 2.29. The van der Waals surface area contributed by atoms with Crippen LogP contribution in [-0.4, -0.2) is 36.5 Å². The Labute approximate surface area is 78.5 Å². The largest absolute Gasteiger partial charge is 0.354 e. The molecule has 0 saturated carbocycles. The second-order valence-electron chi connectivity index (χ2n) is 3.41. The molecule has 1 fully saturated rings. The second kappa shape index (κ2) is 4.83. The first-order valence-electron chi connectivity index (χ1n) is 4.59. The quantitative estimate of drug-likeness (QED) is 0.615. The van der Waals surface area contributed by atoms with Crippen LogP contribution < -0.4 is 5.32 Å². The fourth-order valence-corrected chi connectivity index (χ4v) is 1.62. The second-order valence-corrected chi connectivity index (χ2v) is 3.41. The lowest BCUT2D eigenvalue weighted by atomic mass is 10.1. The van der Waals surface area contributed by atoms with Gasteiger partial charge >= 0.3 is 0 Å². The van der Waals surface area contributed by atoms with E-state index in [1.54, 1.807) is 6.92 Å². The summed E-state index contributed by atoms with van der Waals surface area (Å²) in [6, 6.07) is 2.44. The number of carbonyl (C=O) groups excluding carboxylic acids is 1. The number of hydrogen-bond donors (Lipinski definition) is 1. The van der Waals surface area contributed by atoms with E-state index in [0.717, 1.165) is 25.9 Å². The maximum absolute atomic E-state index is 10.7. The fraction of sp³-hybridized carbons (Fsp3) is 0.778. The lowest BCUT2D eigenvalue weighted by molar-refractivity contribution is -0.119. The molecule has 0 radical (unpaired) electrons. The van der Waals surface area contributed by atoms with E-state index in [1.165, 1.54) is 0 Å². The van der Waals surface area contributed by atoms with Crippen LogP contribution >= 0.6 is 0 Å². The van der Waals surface area contributed by atoms with Crippen molar-refractivity contribution in [2.24, 2.45) is 0 Å². The van der Waals surface area contributed by atoms with Crippen LogP contribution in [0, 0.1) is 11.3 Å². The van der Waals surface area contributed by atoms with Gasteiger partial charge in [0.2, 0.25) is 5.91 Å². The van der Waals surface area contributed by atoms with Crippen molar-refractivity contribution >= 4 is 5.91 Å². The van der Waals surface area contributed by atoms with Gasteiger partial charge in [-0.1, -0.05) is 0 Å². The van der Waals surface area contributed by atoms with Crippen LogP contribution in [0.4, 0.5) is 0 Å². The Balaban J connectivity index is 2.23. The highest BCUT2D eigenvalue weighted by Gasteiger charge is 2.18. The first kappa shape index (κ1) is 10.0. The summed E-state index contributed by atoms with van der Waals surface area (Å²) in [6.45, 7) is 3.88.